The SMILES string of the molecule is O=C(C[C@@H]1CCS(=O)(=O)C1)NNS(=O)(=O)c1cccs1. The Bertz CT molecular complexity index is 678. The average Bonchev–Trinajstić information content (AvgIpc) is 2.97. The molecule has 1 fully saturated rings. The van der Waals surface area contributed by atoms with Crippen LogP contribution in [0.1, 0.15) is 12.8 Å². The number of hydrogen-bond donors (Lipinski definition) is 2. The fourth-order valence-electron chi connectivity index (χ4n) is 1.94. The molecule has 1 aliphatic heterocycles. The van der Waals surface area contributed by atoms with Crippen molar-refractivity contribution in [2.75, 3.05) is 11.5 Å². The van der Waals surface area contributed by atoms with Gasteiger partial charge in [-0.25, -0.2) is 16.8 Å². The van der Waals surface area contributed by atoms with Gasteiger partial charge in [-0.1, -0.05) is 6.07 Å². The van der Waals surface area contributed by atoms with Gasteiger partial charge in [0.2, 0.25) is 5.91 Å². The molecule has 0 aromatic carbocycles. The number of rotatable bonds is 5. The highest BCUT2D eigenvalue weighted by atomic mass is 32.2. The second-order valence-corrected chi connectivity index (χ2v) is 9.64. The van der Waals surface area contributed by atoms with Crippen LogP contribution in [0.5, 0.6) is 0 Å². The van der Waals surface area contributed by atoms with Gasteiger partial charge in [-0.3, -0.25) is 10.2 Å². The summed E-state index contributed by atoms with van der Waals surface area (Å²) in [5, 5.41) is 1.61. The lowest BCUT2D eigenvalue weighted by molar-refractivity contribution is -0.122. The minimum absolute atomic E-state index is 0.00775. The second-order valence-electron chi connectivity index (χ2n) is 4.56. The van der Waals surface area contributed by atoms with Crippen LogP contribution in [0, 0.1) is 5.92 Å². The highest BCUT2D eigenvalue weighted by molar-refractivity contribution is 7.91. The predicted molar refractivity (Wildman–Crippen MR) is 74.2 cm³/mol. The van der Waals surface area contributed by atoms with E-state index in [1.165, 1.54) is 6.07 Å². The van der Waals surface area contributed by atoms with Gasteiger partial charge in [0, 0.05) is 6.42 Å². The zero-order valence-electron chi connectivity index (χ0n) is 10.4. The van der Waals surface area contributed by atoms with Crippen LogP contribution in [0.2, 0.25) is 0 Å². The quantitative estimate of drug-likeness (QED) is 0.728. The number of carbonyl (C=O) groups is 1. The summed E-state index contributed by atoms with van der Waals surface area (Å²) in [5.41, 5.74) is 2.10. The van der Waals surface area contributed by atoms with Crippen LogP contribution >= 0.6 is 11.3 Å². The van der Waals surface area contributed by atoms with E-state index in [9.17, 15) is 21.6 Å². The Kier molecular flexibility index (Phi) is 4.47. The monoisotopic (exact) mass is 338 g/mol. The van der Waals surface area contributed by atoms with E-state index in [0.29, 0.717) is 6.42 Å². The van der Waals surface area contributed by atoms with E-state index < -0.39 is 25.8 Å². The van der Waals surface area contributed by atoms with Crippen LogP contribution in [-0.2, 0) is 24.7 Å². The van der Waals surface area contributed by atoms with Gasteiger partial charge in [-0.05, 0) is 23.8 Å². The molecule has 1 amide bonds. The second kappa shape index (κ2) is 5.80. The Morgan fingerprint density at radius 2 is 2.20 bits per heavy atom. The van der Waals surface area contributed by atoms with Gasteiger partial charge >= 0.3 is 0 Å². The first-order valence-corrected chi connectivity index (χ1v) is 10.0. The largest absolute Gasteiger partial charge is 0.278 e. The summed E-state index contributed by atoms with van der Waals surface area (Å²) in [5.74, 6) is -0.706. The number of hydrazine groups is 1. The van der Waals surface area contributed by atoms with Gasteiger partial charge in [-0.15, -0.1) is 16.2 Å². The molecule has 0 bridgehead atoms. The molecule has 112 valence electrons. The minimum atomic E-state index is -3.75. The number of thiophene rings is 1. The van der Waals surface area contributed by atoms with Crippen molar-refractivity contribution in [2.45, 2.75) is 17.1 Å². The Morgan fingerprint density at radius 1 is 1.45 bits per heavy atom. The number of sulfone groups is 1. The van der Waals surface area contributed by atoms with Crippen LogP contribution in [-0.4, -0.2) is 34.2 Å². The first-order chi connectivity index (χ1) is 9.28. The Morgan fingerprint density at radius 3 is 2.75 bits per heavy atom. The number of carbonyl (C=O) groups excluding carboxylic acids is 1. The lowest BCUT2D eigenvalue weighted by Gasteiger charge is -2.09. The normalized spacial score (nSPS) is 21.7. The fourth-order valence-corrected chi connectivity index (χ4v) is 5.65. The molecule has 1 aliphatic rings. The summed E-state index contributed by atoms with van der Waals surface area (Å²) in [7, 11) is -6.79. The minimum Gasteiger partial charge on any atom is -0.278 e. The lowest BCUT2D eigenvalue weighted by atomic mass is 10.1. The van der Waals surface area contributed by atoms with Crippen molar-refractivity contribution in [3.05, 3.63) is 17.5 Å². The molecule has 2 rings (SSSR count). The first kappa shape index (κ1) is 15.4. The summed E-state index contributed by atoms with van der Waals surface area (Å²) in [6.07, 6.45) is 0.430. The van der Waals surface area contributed by atoms with Crippen molar-refractivity contribution in [1.29, 1.82) is 0 Å². The van der Waals surface area contributed by atoms with E-state index in [1.807, 2.05) is 4.83 Å². The van der Waals surface area contributed by atoms with Crippen LogP contribution in [0.25, 0.3) is 0 Å². The molecule has 0 saturated carbocycles. The summed E-state index contributed by atoms with van der Waals surface area (Å²) in [6.45, 7) is 0. The Labute approximate surface area is 121 Å². The van der Waals surface area contributed by atoms with E-state index >= 15 is 0 Å². The van der Waals surface area contributed by atoms with Gasteiger partial charge < -0.3 is 0 Å². The van der Waals surface area contributed by atoms with Gasteiger partial charge in [0.25, 0.3) is 10.0 Å². The van der Waals surface area contributed by atoms with Gasteiger partial charge in [0.1, 0.15) is 4.21 Å². The summed E-state index contributed by atoms with van der Waals surface area (Å²) in [4.78, 5) is 13.6. The molecule has 2 heterocycles. The zero-order chi connectivity index (χ0) is 14.8. The summed E-state index contributed by atoms with van der Waals surface area (Å²) in [6, 6.07) is 3.01. The van der Waals surface area contributed by atoms with E-state index in [1.54, 1.807) is 11.4 Å². The highest BCUT2D eigenvalue weighted by Gasteiger charge is 2.29. The molecule has 2 N–H and O–H groups in total. The van der Waals surface area contributed by atoms with Crippen molar-refractivity contribution in [1.82, 2.24) is 10.3 Å². The first-order valence-electron chi connectivity index (χ1n) is 5.83. The maximum Gasteiger partial charge on any atom is 0.266 e. The van der Waals surface area contributed by atoms with E-state index in [-0.39, 0.29) is 28.1 Å². The van der Waals surface area contributed by atoms with Crippen LogP contribution in [0.15, 0.2) is 21.7 Å². The number of nitrogens with one attached hydrogen (secondary N) is 2. The number of sulfonamides is 1. The number of amides is 1. The molecule has 1 saturated heterocycles. The van der Waals surface area contributed by atoms with Gasteiger partial charge in [-0.2, -0.15) is 0 Å². The standard InChI is InChI=1S/C10H14N2O5S3/c13-9(6-8-3-5-19(14,15)7-8)11-12-20(16,17)10-2-1-4-18-10/h1-2,4,8,12H,3,5-7H2,(H,11,13)/t8-/m0/s1. The maximum atomic E-state index is 11.7. The Balaban J connectivity index is 1.84. The third kappa shape index (κ3) is 4.01. The summed E-state index contributed by atoms with van der Waals surface area (Å²) >= 11 is 1.03. The van der Waals surface area contributed by atoms with Crippen molar-refractivity contribution in [3.63, 3.8) is 0 Å². The zero-order valence-corrected chi connectivity index (χ0v) is 12.9. The lowest BCUT2D eigenvalue weighted by Crippen LogP contribution is -2.41. The van der Waals surface area contributed by atoms with Crippen molar-refractivity contribution >= 4 is 37.1 Å². The van der Waals surface area contributed by atoms with Crippen LogP contribution < -0.4 is 10.3 Å². The molecule has 20 heavy (non-hydrogen) atoms. The third-order valence-corrected chi connectivity index (χ3v) is 7.37. The van der Waals surface area contributed by atoms with Crippen LogP contribution in [0.4, 0.5) is 0 Å². The molecular weight excluding hydrogens is 324 g/mol. The van der Waals surface area contributed by atoms with Crippen molar-refractivity contribution in [3.8, 4) is 0 Å². The predicted octanol–water partition coefficient (Wildman–Crippen LogP) is -0.118. The van der Waals surface area contributed by atoms with E-state index in [4.69, 9.17) is 0 Å². The molecule has 0 spiro atoms. The number of hydrogen-bond acceptors (Lipinski definition) is 6. The fraction of sp³-hybridized carbons (Fsp3) is 0.500. The van der Waals surface area contributed by atoms with Gasteiger partial charge in [0.05, 0.1) is 11.5 Å². The molecule has 7 nitrogen and oxygen atoms in total. The summed E-state index contributed by atoms with van der Waals surface area (Å²) < 4.78 is 46.1. The van der Waals surface area contributed by atoms with E-state index in [0.717, 1.165) is 11.3 Å². The average molecular weight is 338 g/mol. The topological polar surface area (TPSA) is 109 Å². The van der Waals surface area contributed by atoms with Crippen molar-refractivity contribution in [2.24, 2.45) is 5.92 Å². The Hall–Kier alpha value is -0.970. The van der Waals surface area contributed by atoms with Crippen molar-refractivity contribution < 1.29 is 21.6 Å². The smallest absolute Gasteiger partial charge is 0.266 e. The highest BCUT2D eigenvalue weighted by Crippen LogP contribution is 2.21. The molecular formula is C10H14N2O5S3. The van der Waals surface area contributed by atoms with Crippen LogP contribution in [0.3, 0.4) is 0 Å². The molecule has 1 aromatic heterocycles. The molecule has 0 radical (unpaired) electrons. The third-order valence-electron chi connectivity index (χ3n) is 2.89. The molecule has 1 atom stereocenters. The maximum absolute atomic E-state index is 11.7. The molecule has 0 aliphatic carbocycles. The van der Waals surface area contributed by atoms with Gasteiger partial charge in [0.15, 0.2) is 9.84 Å². The van der Waals surface area contributed by atoms with E-state index in [2.05, 4.69) is 5.43 Å². The molecule has 1 aromatic rings. The molecule has 10 heteroatoms. The molecule has 0 unspecified atom stereocenters.